The van der Waals surface area contributed by atoms with Gasteiger partial charge in [0.2, 0.25) is 5.91 Å². The molecule has 1 heterocycles. The van der Waals surface area contributed by atoms with Gasteiger partial charge in [-0.05, 0) is 6.42 Å². The molecule has 17 heavy (non-hydrogen) atoms. The van der Waals surface area contributed by atoms with Gasteiger partial charge in [0.1, 0.15) is 0 Å². The van der Waals surface area contributed by atoms with Crippen LogP contribution >= 0.6 is 0 Å². The summed E-state index contributed by atoms with van der Waals surface area (Å²) < 4.78 is 36.3. The monoisotopic (exact) mass is 253 g/mol. The number of nitrogens with one attached hydrogen (secondary N) is 1. The third-order valence-electron chi connectivity index (χ3n) is 2.52. The molecule has 3 N–H and O–H groups in total. The first-order valence-corrected chi connectivity index (χ1v) is 5.18. The van der Waals surface area contributed by atoms with Crippen LogP contribution in [0.4, 0.5) is 13.2 Å². The number of hydrogen-bond acceptors (Lipinski definition) is 3. The van der Waals surface area contributed by atoms with Gasteiger partial charge in [-0.15, -0.1) is 0 Å². The smallest absolute Gasteiger partial charge is 0.370 e. The summed E-state index contributed by atoms with van der Waals surface area (Å²) in [6.45, 7) is 0.401. The molecule has 1 saturated heterocycles. The fraction of sp³-hybridized carbons (Fsp3) is 0.778. The third-order valence-corrected chi connectivity index (χ3v) is 2.52. The second kappa shape index (κ2) is 5.35. The van der Waals surface area contributed by atoms with E-state index < -0.39 is 18.0 Å². The van der Waals surface area contributed by atoms with Crippen molar-refractivity contribution < 1.29 is 22.8 Å². The standard InChI is InChI=1S/C9H14F3N3O2/c10-9(11,12)8(17)15-4-2-6(5-15)14-3-1-7(13)16/h6,14H,1-5H2,(H2,13,16). The Bertz CT molecular complexity index is 306. The summed E-state index contributed by atoms with van der Waals surface area (Å²) in [6, 6.07) is -0.208. The van der Waals surface area contributed by atoms with Gasteiger partial charge in [-0.25, -0.2) is 0 Å². The molecule has 0 aliphatic carbocycles. The van der Waals surface area contributed by atoms with Crippen LogP contribution in [0, 0.1) is 0 Å². The van der Waals surface area contributed by atoms with Gasteiger partial charge >= 0.3 is 12.1 Å². The summed E-state index contributed by atoms with van der Waals surface area (Å²) in [7, 11) is 0. The zero-order valence-corrected chi connectivity index (χ0v) is 9.09. The average molecular weight is 253 g/mol. The maximum atomic E-state index is 12.1. The first kappa shape index (κ1) is 13.8. The van der Waals surface area contributed by atoms with Crippen LogP contribution in [-0.2, 0) is 9.59 Å². The molecule has 8 heteroatoms. The van der Waals surface area contributed by atoms with E-state index in [4.69, 9.17) is 5.73 Å². The first-order valence-electron chi connectivity index (χ1n) is 5.18. The number of nitrogens with zero attached hydrogens (tertiary/aromatic N) is 1. The SMILES string of the molecule is NC(=O)CCNC1CCN(C(=O)C(F)(F)F)C1. The highest BCUT2D eigenvalue weighted by atomic mass is 19.4. The predicted molar refractivity (Wildman–Crippen MR) is 52.9 cm³/mol. The number of primary amides is 1. The molecule has 0 radical (unpaired) electrons. The number of carbonyl (C=O) groups is 2. The molecule has 0 aromatic rings. The highest BCUT2D eigenvalue weighted by Gasteiger charge is 2.44. The Balaban J connectivity index is 2.32. The van der Waals surface area contributed by atoms with E-state index in [2.05, 4.69) is 5.32 Å². The lowest BCUT2D eigenvalue weighted by Crippen LogP contribution is -2.42. The summed E-state index contributed by atoms with van der Waals surface area (Å²) in [4.78, 5) is 22.1. The number of carbonyl (C=O) groups excluding carboxylic acids is 2. The Morgan fingerprint density at radius 3 is 2.59 bits per heavy atom. The molecule has 1 aliphatic rings. The highest BCUT2D eigenvalue weighted by Crippen LogP contribution is 2.21. The fourth-order valence-electron chi connectivity index (χ4n) is 1.69. The van der Waals surface area contributed by atoms with Gasteiger partial charge < -0.3 is 16.0 Å². The molecule has 98 valence electrons. The maximum absolute atomic E-state index is 12.1. The van der Waals surface area contributed by atoms with Gasteiger partial charge in [-0.3, -0.25) is 9.59 Å². The van der Waals surface area contributed by atoms with Crippen LogP contribution in [0.3, 0.4) is 0 Å². The lowest BCUT2D eigenvalue weighted by Gasteiger charge is -2.18. The summed E-state index contributed by atoms with van der Waals surface area (Å²) in [5, 5.41) is 2.89. The minimum absolute atomic E-state index is 0.0110. The second-order valence-electron chi connectivity index (χ2n) is 3.90. The number of rotatable bonds is 4. The van der Waals surface area contributed by atoms with Gasteiger partial charge in [0, 0.05) is 32.1 Å². The summed E-state index contributed by atoms with van der Waals surface area (Å²) >= 11 is 0. The Morgan fingerprint density at radius 1 is 1.41 bits per heavy atom. The maximum Gasteiger partial charge on any atom is 0.471 e. The molecule has 0 spiro atoms. The van der Waals surface area contributed by atoms with E-state index >= 15 is 0 Å². The van der Waals surface area contributed by atoms with Crippen molar-refractivity contribution in [1.82, 2.24) is 10.2 Å². The molecule has 0 aromatic heterocycles. The minimum atomic E-state index is -4.82. The summed E-state index contributed by atoms with van der Waals surface area (Å²) in [6.07, 6.45) is -4.24. The number of alkyl halides is 3. The van der Waals surface area contributed by atoms with Gasteiger partial charge in [-0.2, -0.15) is 13.2 Å². The summed E-state index contributed by atoms with van der Waals surface area (Å²) in [5.41, 5.74) is 4.92. The predicted octanol–water partition coefficient (Wildman–Crippen LogP) is -0.385. The van der Waals surface area contributed by atoms with Gasteiger partial charge in [-0.1, -0.05) is 0 Å². The molecule has 0 aromatic carbocycles. The van der Waals surface area contributed by atoms with E-state index in [0.29, 0.717) is 13.0 Å². The van der Waals surface area contributed by atoms with Crippen LogP contribution in [0.5, 0.6) is 0 Å². The zero-order valence-electron chi connectivity index (χ0n) is 9.09. The molecule has 5 nitrogen and oxygen atoms in total. The highest BCUT2D eigenvalue weighted by molar-refractivity contribution is 5.82. The van der Waals surface area contributed by atoms with E-state index in [1.54, 1.807) is 0 Å². The number of halogens is 3. The van der Waals surface area contributed by atoms with Crippen LogP contribution < -0.4 is 11.1 Å². The molecule has 0 bridgehead atoms. The number of amides is 2. The molecular weight excluding hydrogens is 239 g/mol. The fourth-order valence-corrected chi connectivity index (χ4v) is 1.69. The number of hydrogen-bond donors (Lipinski definition) is 2. The summed E-state index contributed by atoms with van der Waals surface area (Å²) in [5.74, 6) is -2.28. The van der Waals surface area contributed by atoms with Crippen LogP contribution in [0.1, 0.15) is 12.8 Å². The topological polar surface area (TPSA) is 75.4 Å². The van der Waals surface area contributed by atoms with E-state index in [9.17, 15) is 22.8 Å². The zero-order chi connectivity index (χ0) is 13.1. The van der Waals surface area contributed by atoms with Crippen molar-refractivity contribution in [2.24, 2.45) is 5.73 Å². The van der Waals surface area contributed by atoms with Crippen LogP contribution in [0.2, 0.25) is 0 Å². The van der Waals surface area contributed by atoms with Gasteiger partial charge in [0.15, 0.2) is 0 Å². The third kappa shape index (κ3) is 4.22. The largest absolute Gasteiger partial charge is 0.471 e. The Kier molecular flexibility index (Phi) is 4.33. The molecule has 1 unspecified atom stereocenters. The lowest BCUT2D eigenvalue weighted by molar-refractivity contribution is -0.184. The van der Waals surface area contributed by atoms with Gasteiger partial charge in [0.05, 0.1) is 0 Å². The van der Waals surface area contributed by atoms with Crippen LogP contribution in [-0.4, -0.2) is 48.6 Å². The Labute approximate surface area is 96.1 Å². The molecule has 2 amide bonds. The lowest BCUT2D eigenvalue weighted by atomic mass is 10.2. The molecule has 1 rings (SSSR count). The molecule has 0 saturated carbocycles. The van der Waals surface area contributed by atoms with Crippen molar-refractivity contribution in [3.05, 3.63) is 0 Å². The minimum Gasteiger partial charge on any atom is -0.370 e. The van der Waals surface area contributed by atoms with E-state index in [0.717, 1.165) is 4.90 Å². The van der Waals surface area contributed by atoms with E-state index in [1.807, 2.05) is 0 Å². The van der Waals surface area contributed by atoms with Crippen molar-refractivity contribution in [3.63, 3.8) is 0 Å². The first-order chi connectivity index (χ1) is 7.80. The van der Waals surface area contributed by atoms with Crippen LogP contribution in [0.25, 0.3) is 0 Å². The quantitative estimate of drug-likeness (QED) is 0.716. The van der Waals surface area contributed by atoms with E-state index in [1.165, 1.54) is 0 Å². The Morgan fingerprint density at radius 2 is 2.06 bits per heavy atom. The Hall–Kier alpha value is -1.31. The van der Waals surface area contributed by atoms with Crippen molar-refractivity contribution in [2.45, 2.75) is 25.1 Å². The molecule has 1 fully saturated rings. The average Bonchev–Trinajstić information content (AvgIpc) is 2.63. The normalized spacial score (nSPS) is 20.6. The number of likely N-dealkylation sites (tertiary alicyclic amines) is 1. The molecule has 1 atom stereocenters. The molecular formula is C9H14F3N3O2. The van der Waals surface area contributed by atoms with E-state index in [-0.39, 0.29) is 25.6 Å². The number of nitrogens with two attached hydrogens (primary N) is 1. The van der Waals surface area contributed by atoms with Crippen molar-refractivity contribution in [2.75, 3.05) is 19.6 Å². The van der Waals surface area contributed by atoms with Crippen LogP contribution in [0.15, 0.2) is 0 Å². The van der Waals surface area contributed by atoms with Gasteiger partial charge in [0.25, 0.3) is 0 Å². The van der Waals surface area contributed by atoms with Crippen molar-refractivity contribution >= 4 is 11.8 Å². The molecule has 1 aliphatic heterocycles. The second-order valence-corrected chi connectivity index (χ2v) is 3.90. The van der Waals surface area contributed by atoms with Crippen molar-refractivity contribution in [1.29, 1.82) is 0 Å². The van der Waals surface area contributed by atoms with Crippen molar-refractivity contribution in [3.8, 4) is 0 Å².